The maximum Gasteiger partial charge on any atom is 0.279 e. The van der Waals surface area contributed by atoms with Crippen LogP contribution >= 0.6 is 15.9 Å². The van der Waals surface area contributed by atoms with Gasteiger partial charge in [-0.2, -0.15) is 18.8 Å². The van der Waals surface area contributed by atoms with Gasteiger partial charge in [-0.15, -0.1) is 0 Å². The van der Waals surface area contributed by atoms with E-state index >= 15 is 0 Å². The molecule has 0 spiro atoms. The lowest BCUT2D eigenvalue weighted by molar-refractivity contribution is 0.582. The zero-order valence-corrected chi connectivity index (χ0v) is 12.2. The van der Waals surface area contributed by atoms with Crippen LogP contribution in [0.5, 0.6) is 0 Å². The van der Waals surface area contributed by atoms with Gasteiger partial charge in [-0.1, -0.05) is 15.9 Å². The fraction of sp³-hybridized carbons (Fsp3) is 0.0909. The number of nitriles is 1. The summed E-state index contributed by atoms with van der Waals surface area (Å²) in [6, 6.07) is 8.04. The second-order valence-corrected chi connectivity index (χ2v) is 6.25. The first kappa shape index (κ1) is 13.6. The minimum absolute atomic E-state index is 0.0271. The number of hydrogen-bond acceptors (Lipinski definition) is 4. The predicted molar refractivity (Wildman–Crippen MR) is 72.9 cm³/mol. The number of nitrogens with zero attached hydrogens (tertiary/aromatic N) is 3. The first-order chi connectivity index (χ1) is 8.94. The number of rotatable bonds is 3. The van der Waals surface area contributed by atoms with E-state index in [-0.39, 0.29) is 16.3 Å². The summed E-state index contributed by atoms with van der Waals surface area (Å²) in [6.45, 7) is 0. The molecule has 0 amide bonds. The number of hydrogen-bond donors (Lipinski definition) is 1. The molecule has 0 atom stereocenters. The van der Waals surface area contributed by atoms with Crippen LogP contribution < -0.4 is 4.72 Å². The van der Waals surface area contributed by atoms with Crippen molar-refractivity contribution < 1.29 is 8.42 Å². The number of sulfonamides is 1. The summed E-state index contributed by atoms with van der Waals surface area (Å²) >= 11 is 3.22. The van der Waals surface area contributed by atoms with Crippen molar-refractivity contribution in [2.24, 2.45) is 7.05 Å². The molecule has 0 aliphatic rings. The van der Waals surface area contributed by atoms with Gasteiger partial charge in [-0.3, -0.25) is 9.40 Å². The fourth-order valence-corrected chi connectivity index (χ4v) is 3.09. The number of nitrogens with one attached hydrogen (secondary N) is 1. The minimum atomic E-state index is -3.76. The Morgan fingerprint density at radius 1 is 1.42 bits per heavy atom. The molecule has 6 nitrogen and oxygen atoms in total. The van der Waals surface area contributed by atoms with Gasteiger partial charge in [-0.25, -0.2) is 0 Å². The topological polar surface area (TPSA) is 87.8 Å². The quantitative estimate of drug-likeness (QED) is 0.923. The Hall–Kier alpha value is -1.85. The zero-order valence-electron chi connectivity index (χ0n) is 9.83. The Bertz CT molecular complexity index is 761. The molecule has 0 saturated heterocycles. The van der Waals surface area contributed by atoms with Gasteiger partial charge in [0.15, 0.2) is 5.03 Å². The van der Waals surface area contributed by atoms with Crippen LogP contribution in [-0.4, -0.2) is 18.2 Å². The minimum Gasteiger partial charge on any atom is -0.277 e. The fourth-order valence-electron chi connectivity index (χ4n) is 1.52. The van der Waals surface area contributed by atoms with Gasteiger partial charge in [0.2, 0.25) is 0 Å². The van der Waals surface area contributed by atoms with Crippen molar-refractivity contribution in [2.75, 3.05) is 4.72 Å². The molecule has 0 radical (unpaired) electrons. The predicted octanol–water partition coefficient (Wildman–Crippen LogP) is 1.86. The van der Waals surface area contributed by atoms with E-state index in [4.69, 9.17) is 5.26 Å². The van der Waals surface area contributed by atoms with Crippen molar-refractivity contribution in [1.82, 2.24) is 9.78 Å². The Balaban J connectivity index is 2.42. The van der Waals surface area contributed by atoms with Crippen molar-refractivity contribution >= 4 is 31.6 Å². The lowest BCUT2D eigenvalue weighted by atomic mass is 10.2. The standard InChI is InChI=1S/C11H9BrN4O2S/c1-16-11(4-5-14-16)19(17,18)15-10-3-2-9(12)6-8(10)7-13/h2-6,15H,1H3. The molecular weight excluding hydrogens is 332 g/mol. The molecule has 1 N–H and O–H groups in total. The third-order valence-corrected chi connectivity index (χ3v) is 4.33. The third kappa shape index (κ3) is 2.77. The van der Waals surface area contributed by atoms with E-state index in [0.29, 0.717) is 4.47 Å². The molecule has 2 rings (SSSR count). The number of aryl methyl sites for hydroxylation is 1. The largest absolute Gasteiger partial charge is 0.279 e. The number of aromatic nitrogens is 2. The molecule has 0 fully saturated rings. The first-order valence-corrected chi connectivity index (χ1v) is 7.42. The molecule has 1 heterocycles. The van der Waals surface area contributed by atoms with Crippen molar-refractivity contribution in [3.63, 3.8) is 0 Å². The Morgan fingerprint density at radius 3 is 2.74 bits per heavy atom. The van der Waals surface area contributed by atoms with Crippen LogP contribution in [0, 0.1) is 11.3 Å². The first-order valence-electron chi connectivity index (χ1n) is 5.14. The Kier molecular flexibility index (Phi) is 3.59. The summed E-state index contributed by atoms with van der Waals surface area (Å²) in [6.07, 6.45) is 1.39. The third-order valence-electron chi connectivity index (χ3n) is 2.40. The highest BCUT2D eigenvalue weighted by Crippen LogP contribution is 2.23. The smallest absolute Gasteiger partial charge is 0.277 e. The highest BCUT2D eigenvalue weighted by atomic mass is 79.9. The molecule has 19 heavy (non-hydrogen) atoms. The monoisotopic (exact) mass is 340 g/mol. The van der Waals surface area contributed by atoms with Crippen LogP contribution in [0.2, 0.25) is 0 Å². The van der Waals surface area contributed by atoms with Crippen LogP contribution in [0.1, 0.15) is 5.56 Å². The van der Waals surface area contributed by atoms with Gasteiger partial charge in [-0.05, 0) is 24.3 Å². The molecule has 1 aromatic heterocycles. The van der Waals surface area contributed by atoms with E-state index in [1.54, 1.807) is 12.1 Å². The number of halogens is 1. The van der Waals surface area contributed by atoms with Crippen molar-refractivity contribution in [3.8, 4) is 6.07 Å². The summed E-state index contributed by atoms with van der Waals surface area (Å²) in [7, 11) is -2.23. The summed E-state index contributed by atoms with van der Waals surface area (Å²) in [5.41, 5.74) is 0.465. The lowest BCUT2D eigenvalue weighted by Crippen LogP contribution is -2.17. The average molecular weight is 341 g/mol. The molecule has 8 heteroatoms. The summed E-state index contributed by atoms with van der Waals surface area (Å²) in [5.74, 6) is 0. The molecule has 0 aliphatic heterocycles. The Morgan fingerprint density at radius 2 is 2.16 bits per heavy atom. The van der Waals surface area contributed by atoms with Gasteiger partial charge in [0.25, 0.3) is 10.0 Å². The van der Waals surface area contributed by atoms with Crippen LogP contribution in [-0.2, 0) is 17.1 Å². The van der Waals surface area contributed by atoms with Crippen molar-refractivity contribution in [1.29, 1.82) is 5.26 Å². The Labute approximate surface area is 118 Å². The maximum atomic E-state index is 12.1. The number of benzene rings is 1. The lowest BCUT2D eigenvalue weighted by Gasteiger charge is -2.09. The molecule has 0 bridgehead atoms. The van der Waals surface area contributed by atoms with Crippen LogP contribution in [0.15, 0.2) is 40.0 Å². The highest BCUT2D eigenvalue weighted by Gasteiger charge is 2.19. The second kappa shape index (κ2) is 5.03. The molecule has 0 aliphatic carbocycles. The molecule has 2 aromatic rings. The zero-order chi connectivity index (χ0) is 14.0. The molecule has 98 valence electrons. The molecule has 0 unspecified atom stereocenters. The van der Waals surface area contributed by atoms with E-state index < -0.39 is 10.0 Å². The van der Waals surface area contributed by atoms with E-state index in [1.165, 1.54) is 30.1 Å². The van der Waals surface area contributed by atoms with Gasteiger partial charge >= 0.3 is 0 Å². The summed E-state index contributed by atoms with van der Waals surface area (Å²) < 4.78 is 28.6. The highest BCUT2D eigenvalue weighted by molar-refractivity contribution is 9.10. The molecule has 1 aromatic carbocycles. The van der Waals surface area contributed by atoms with E-state index in [2.05, 4.69) is 25.8 Å². The van der Waals surface area contributed by atoms with E-state index in [1.807, 2.05) is 6.07 Å². The van der Waals surface area contributed by atoms with Crippen molar-refractivity contribution in [2.45, 2.75) is 5.03 Å². The van der Waals surface area contributed by atoms with Crippen molar-refractivity contribution in [3.05, 3.63) is 40.5 Å². The van der Waals surface area contributed by atoms with Gasteiger partial charge in [0.05, 0.1) is 17.4 Å². The SMILES string of the molecule is Cn1nccc1S(=O)(=O)Nc1ccc(Br)cc1C#N. The van der Waals surface area contributed by atoms with Crippen LogP contribution in [0.25, 0.3) is 0 Å². The average Bonchev–Trinajstić information content (AvgIpc) is 2.78. The van der Waals surface area contributed by atoms with Crippen LogP contribution in [0.4, 0.5) is 5.69 Å². The number of anilines is 1. The van der Waals surface area contributed by atoms with E-state index in [0.717, 1.165) is 0 Å². The summed E-state index contributed by atoms with van der Waals surface area (Å²) in [5, 5.41) is 12.8. The van der Waals surface area contributed by atoms with Gasteiger partial charge in [0.1, 0.15) is 6.07 Å². The molecular formula is C11H9BrN4O2S. The van der Waals surface area contributed by atoms with Gasteiger partial charge < -0.3 is 0 Å². The molecule has 0 saturated carbocycles. The summed E-state index contributed by atoms with van der Waals surface area (Å²) in [4.78, 5) is 0. The second-order valence-electron chi connectivity index (χ2n) is 3.70. The maximum absolute atomic E-state index is 12.1. The van der Waals surface area contributed by atoms with Crippen LogP contribution in [0.3, 0.4) is 0 Å². The van der Waals surface area contributed by atoms with E-state index in [9.17, 15) is 8.42 Å². The van der Waals surface area contributed by atoms with Gasteiger partial charge in [0, 0.05) is 11.5 Å². The normalized spacial score (nSPS) is 11.0.